The summed E-state index contributed by atoms with van der Waals surface area (Å²) in [6, 6.07) is 17.6. The van der Waals surface area contributed by atoms with Crippen LogP contribution in [-0.4, -0.2) is 24.5 Å². The number of hydrogen-bond acceptors (Lipinski definition) is 3. The molecule has 154 valence electrons. The van der Waals surface area contributed by atoms with E-state index in [1.165, 1.54) is 18.4 Å². The van der Waals surface area contributed by atoms with Crippen molar-refractivity contribution < 1.29 is 14.3 Å². The normalized spacial score (nSPS) is 14.9. The molecule has 0 heterocycles. The van der Waals surface area contributed by atoms with Gasteiger partial charge in [-0.05, 0) is 66.6 Å². The monoisotopic (exact) mass is 401 g/mol. The zero-order valence-corrected chi connectivity index (χ0v) is 17.3. The van der Waals surface area contributed by atoms with E-state index in [0.717, 1.165) is 40.8 Å². The Balaban J connectivity index is 1.48. The predicted octanol–water partition coefficient (Wildman–Crippen LogP) is 5.55. The summed E-state index contributed by atoms with van der Waals surface area (Å²) in [5, 5.41) is 6.51. The van der Waals surface area contributed by atoms with E-state index in [2.05, 4.69) is 17.5 Å². The quantitative estimate of drug-likeness (QED) is 0.335. The van der Waals surface area contributed by atoms with Gasteiger partial charge in [0.05, 0.1) is 5.56 Å². The van der Waals surface area contributed by atoms with Gasteiger partial charge in [0.1, 0.15) is 0 Å². The number of nitrogens with one attached hydrogen (secondary N) is 1. The van der Waals surface area contributed by atoms with E-state index in [4.69, 9.17) is 4.74 Å². The number of carbonyl (C=O) groups excluding carboxylic acids is 2. The van der Waals surface area contributed by atoms with Gasteiger partial charge in [0.2, 0.25) is 0 Å². The molecule has 1 atom stereocenters. The summed E-state index contributed by atoms with van der Waals surface area (Å²) in [7, 11) is 0. The maximum absolute atomic E-state index is 13.1. The minimum absolute atomic E-state index is 0.260. The number of esters is 1. The van der Waals surface area contributed by atoms with Crippen molar-refractivity contribution in [1.29, 1.82) is 0 Å². The Morgan fingerprint density at radius 3 is 2.30 bits per heavy atom. The molecule has 0 saturated carbocycles. The number of benzene rings is 3. The minimum Gasteiger partial charge on any atom is -0.449 e. The molecule has 0 spiro atoms. The summed E-state index contributed by atoms with van der Waals surface area (Å²) in [4.78, 5) is 25.6. The van der Waals surface area contributed by atoms with Gasteiger partial charge < -0.3 is 10.1 Å². The van der Waals surface area contributed by atoms with Crippen LogP contribution in [0.4, 0.5) is 0 Å². The summed E-state index contributed by atoms with van der Waals surface area (Å²) in [6.07, 6.45) is 7.03. The highest BCUT2D eigenvalue weighted by Crippen LogP contribution is 2.29. The molecule has 4 heteroatoms. The molecule has 0 aliphatic heterocycles. The maximum atomic E-state index is 13.1. The third-order valence-electron chi connectivity index (χ3n) is 5.76. The van der Waals surface area contributed by atoms with Crippen LogP contribution in [0.5, 0.6) is 0 Å². The molecule has 30 heavy (non-hydrogen) atoms. The molecular formula is C26H27NO3. The second-order valence-electron chi connectivity index (χ2n) is 7.89. The molecule has 0 saturated heterocycles. The maximum Gasteiger partial charge on any atom is 0.340 e. The Kier molecular flexibility index (Phi) is 6.12. The van der Waals surface area contributed by atoms with Gasteiger partial charge in [-0.15, -0.1) is 0 Å². The van der Waals surface area contributed by atoms with Crippen LogP contribution in [0.25, 0.3) is 21.5 Å². The van der Waals surface area contributed by atoms with Crippen molar-refractivity contribution in [2.24, 2.45) is 0 Å². The summed E-state index contributed by atoms with van der Waals surface area (Å²) in [6.45, 7) is 2.20. The summed E-state index contributed by atoms with van der Waals surface area (Å²) >= 11 is 0. The Morgan fingerprint density at radius 1 is 1.00 bits per heavy atom. The van der Waals surface area contributed by atoms with Gasteiger partial charge in [-0.3, -0.25) is 4.79 Å². The van der Waals surface area contributed by atoms with Crippen molar-refractivity contribution in [2.75, 3.05) is 6.54 Å². The standard InChI is InChI=1S/C26H27NO3/c1-18(25(28)27-16-15-19-9-3-2-4-10-19)30-26(29)24-22-13-7-5-11-20(22)17-21-12-6-8-14-23(21)24/h5-9,11-14,17-18H,2-4,10,15-16H2,1H3,(H,27,28)/t18-/m1/s1. The van der Waals surface area contributed by atoms with Crippen molar-refractivity contribution in [3.05, 3.63) is 71.8 Å². The minimum atomic E-state index is -0.851. The van der Waals surface area contributed by atoms with E-state index >= 15 is 0 Å². The van der Waals surface area contributed by atoms with Gasteiger partial charge in [0.25, 0.3) is 5.91 Å². The van der Waals surface area contributed by atoms with Crippen LogP contribution in [0, 0.1) is 0 Å². The number of allylic oxidation sites excluding steroid dienone is 1. The average molecular weight is 402 g/mol. The van der Waals surface area contributed by atoms with Gasteiger partial charge in [-0.25, -0.2) is 4.79 Å². The number of hydrogen-bond donors (Lipinski definition) is 1. The molecule has 1 amide bonds. The molecule has 4 rings (SSSR count). The first kappa shape index (κ1) is 20.1. The van der Waals surface area contributed by atoms with Crippen molar-refractivity contribution in [1.82, 2.24) is 5.32 Å². The highest BCUT2D eigenvalue weighted by atomic mass is 16.5. The second-order valence-corrected chi connectivity index (χ2v) is 7.89. The van der Waals surface area contributed by atoms with Gasteiger partial charge >= 0.3 is 5.97 Å². The third kappa shape index (κ3) is 4.38. The molecule has 1 aliphatic rings. The van der Waals surface area contributed by atoms with Crippen LogP contribution in [-0.2, 0) is 9.53 Å². The predicted molar refractivity (Wildman–Crippen MR) is 121 cm³/mol. The van der Waals surface area contributed by atoms with Gasteiger partial charge in [0.15, 0.2) is 6.10 Å². The molecule has 3 aromatic rings. The van der Waals surface area contributed by atoms with Crippen molar-refractivity contribution in [3.8, 4) is 0 Å². The number of carbonyl (C=O) groups is 2. The van der Waals surface area contributed by atoms with Crippen LogP contribution in [0.15, 0.2) is 66.2 Å². The summed E-state index contributed by atoms with van der Waals surface area (Å²) < 4.78 is 5.59. The Labute approximate surface area is 176 Å². The van der Waals surface area contributed by atoms with E-state index in [1.54, 1.807) is 6.92 Å². The van der Waals surface area contributed by atoms with Crippen LogP contribution in [0.3, 0.4) is 0 Å². The van der Waals surface area contributed by atoms with Gasteiger partial charge in [-0.1, -0.05) is 60.2 Å². The highest BCUT2D eigenvalue weighted by Gasteiger charge is 2.22. The highest BCUT2D eigenvalue weighted by molar-refractivity contribution is 6.16. The molecule has 1 N–H and O–H groups in total. The first-order valence-electron chi connectivity index (χ1n) is 10.7. The smallest absolute Gasteiger partial charge is 0.340 e. The van der Waals surface area contributed by atoms with Crippen LogP contribution in [0.2, 0.25) is 0 Å². The van der Waals surface area contributed by atoms with Crippen molar-refractivity contribution in [3.63, 3.8) is 0 Å². The van der Waals surface area contributed by atoms with E-state index in [9.17, 15) is 9.59 Å². The molecule has 0 unspecified atom stereocenters. The van der Waals surface area contributed by atoms with E-state index in [0.29, 0.717) is 12.1 Å². The lowest BCUT2D eigenvalue weighted by Gasteiger charge is -2.17. The van der Waals surface area contributed by atoms with E-state index < -0.39 is 12.1 Å². The fourth-order valence-electron chi connectivity index (χ4n) is 4.13. The number of rotatable bonds is 6. The Hall–Kier alpha value is -3.14. The summed E-state index contributed by atoms with van der Waals surface area (Å²) in [5.41, 5.74) is 1.92. The molecule has 1 aliphatic carbocycles. The lowest BCUT2D eigenvalue weighted by Crippen LogP contribution is -2.36. The lowest BCUT2D eigenvalue weighted by atomic mass is 9.97. The fraction of sp³-hybridized carbons (Fsp3) is 0.308. The zero-order valence-electron chi connectivity index (χ0n) is 17.3. The summed E-state index contributed by atoms with van der Waals surface area (Å²) in [5.74, 6) is -0.732. The first-order chi connectivity index (χ1) is 14.6. The van der Waals surface area contributed by atoms with Gasteiger partial charge in [0, 0.05) is 6.54 Å². The Bertz CT molecular complexity index is 1060. The fourth-order valence-corrected chi connectivity index (χ4v) is 4.13. The largest absolute Gasteiger partial charge is 0.449 e. The van der Waals surface area contributed by atoms with Crippen LogP contribution >= 0.6 is 0 Å². The zero-order chi connectivity index (χ0) is 20.9. The Morgan fingerprint density at radius 2 is 1.67 bits per heavy atom. The average Bonchev–Trinajstić information content (AvgIpc) is 2.77. The third-order valence-corrected chi connectivity index (χ3v) is 5.76. The molecule has 3 aromatic carbocycles. The van der Waals surface area contributed by atoms with Gasteiger partial charge in [-0.2, -0.15) is 0 Å². The van der Waals surface area contributed by atoms with Crippen molar-refractivity contribution >= 4 is 33.4 Å². The molecular weight excluding hydrogens is 374 g/mol. The van der Waals surface area contributed by atoms with Crippen LogP contribution in [0.1, 0.15) is 49.4 Å². The molecule has 0 aromatic heterocycles. The van der Waals surface area contributed by atoms with E-state index in [-0.39, 0.29) is 5.91 Å². The SMILES string of the molecule is C[C@@H](OC(=O)c1c2ccccc2cc2ccccc12)C(=O)NCCC1=CCCCC1. The number of fused-ring (bicyclic) bond motifs is 2. The molecule has 0 bridgehead atoms. The molecule has 0 radical (unpaired) electrons. The number of ether oxygens (including phenoxy) is 1. The number of amides is 1. The lowest BCUT2D eigenvalue weighted by molar-refractivity contribution is -0.129. The second kappa shape index (κ2) is 9.12. The topological polar surface area (TPSA) is 55.4 Å². The van der Waals surface area contributed by atoms with Crippen LogP contribution < -0.4 is 5.32 Å². The van der Waals surface area contributed by atoms with Crippen molar-refractivity contribution in [2.45, 2.75) is 45.1 Å². The van der Waals surface area contributed by atoms with E-state index in [1.807, 2.05) is 48.5 Å². The molecule has 0 fully saturated rings. The molecule has 4 nitrogen and oxygen atoms in total. The first-order valence-corrected chi connectivity index (χ1v) is 10.7.